The number of para-hydroxylation sites is 1. The van der Waals surface area contributed by atoms with Crippen molar-refractivity contribution in [3.05, 3.63) is 47.8 Å². The van der Waals surface area contributed by atoms with Crippen molar-refractivity contribution in [1.29, 1.82) is 0 Å². The van der Waals surface area contributed by atoms with Gasteiger partial charge in [0.25, 0.3) is 0 Å². The summed E-state index contributed by atoms with van der Waals surface area (Å²) in [6, 6.07) is 9.80. The molecule has 27 heavy (non-hydrogen) atoms. The van der Waals surface area contributed by atoms with Gasteiger partial charge < -0.3 is 10.1 Å². The fraction of sp³-hybridized carbons (Fsp3) is 0.474. The van der Waals surface area contributed by atoms with E-state index in [-0.39, 0.29) is 5.25 Å². The highest BCUT2D eigenvalue weighted by atomic mass is 32.2. The van der Waals surface area contributed by atoms with Crippen LogP contribution in [-0.4, -0.2) is 41.0 Å². The summed E-state index contributed by atoms with van der Waals surface area (Å²) in [5.74, 6) is 0.550. The summed E-state index contributed by atoms with van der Waals surface area (Å²) in [7, 11) is -3.12. The Morgan fingerprint density at radius 3 is 2.59 bits per heavy atom. The lowest BCUT2D eigenvalue weighted by atomic mass is 9.86. The molecule has 5 rings (SSSR count). The first kappa shape index (κ1) is 17.1. The maximum absolute atomic E-state index is 12.5. The smallest absolute Gasteiger partial charge is 0.227 e. The average Bonchev–Trinajstić information content (AvgIpc) is 3.49. The summed E-state index contributed by atoms with van der Waals surface area (Å²) < 4.78 is 32.7. The number of fused-ring (bicyclic) bond motifs is 2. The topological polar surface area (TPSA) is 84.4 Å². The molecule has 3 heterocycles. The molecule has 1 N–H and O–H groups in total. The second-order valence-corrected chi connectivity index (χ2v) is 9.68. The van der Waals surface area contributed by atoms with E-state index in [0.29, 0.717) is 38.5 Å². The average molecular weight is 386 g/mol. The van der Waals surface area contributed by atoms with Crippen LogP contribution >= 0.6 is 0 Å². The minimum absolute atomic E-state index is 0.154. The Morgan fingerprint density at radius 2 is 1.89 bits per heavy atom. The van der Waals surface area contributed by atoms with Gasteiger partial charge in [0.1, 0.15) is 0 Å². The van der Waals surface area contributed by atoms with Crippen LogP contribution in [0.25, 0.3) is 0 Å². The van der Waals surface area contributed by atoms with Gasteiger partial charge in [-0.3, -0.25) is 0 Å². The van der Waals surface area contributed by atoms with E-state index in [1.54, 1.807) is 4.31 Å². The summed E-state index contributed by atoms with van der Waals surface area (Å²) in [5.41, 5.74) is 2.38. The van der Waals surface area contributed by atoms with Gasteiger partial charge >= 0.3 is 0 Å². The van der Waals surface area contributed by atoms with Gasteiger partial charge in [-0.05, 0) is 37.8 Å². The molecule has 2 aliphatic heterocycles. The van der Waals surface area contributed by atoms with Crippen LogP contribution in [0.1, 0.15) is 36.9 Å². The first-order valence-electron chi connectivity index (χ1n) is 9.38. The van der Waals surface area contributed by atoms with Crippen LogP contribution in [0.3, 0.4) is 0 Å². The van der Waals surface area contributed by atoms with E-state index < -0.39 is 15.6 Å². The molecular weight excluding hydrogens is 364 g/mol. The van der Waals surface area contributed by atoms with Gasteiger partial charge in [0.15, 0.2) is 0 Å². The molecule has 2 aromatic rings. The van der Waals surface area contributed by atoms with Crippen molar-refractivity contribution in [2.24, 2.45) is 0 Å². The molecule has 0 unspecified atom stereocenters. The number of hydrogen-bond acceptors (Lipinski definition) is 6. The molecule has 1 saturated heterocycles. The first-order valence-corrected chi connectivity index (χ1v) is 10.9. The van der Waals surface area contributed by atoms with Crippen LogP contribution in [0.2, 0.25) is 0 Å². The van der Waals surface area contributed by atoms with Crippen LogP contribution in [0, 0.1) is 0 Å². The Bertz CT molecular complexity index is 952. The highest BCUT2D eigenvalue weighted by molar-refractivity contribution is 7.90. The Labute approximate surface area is 158 Å². The summed E-state index contributed by atoms with van der Waals surface area (Å²) in [5, 5.41) is 3.05. The number of piperidine rings is 1. The minimum atomic E-state index is -3.12. The second kappa shape index (κ2) is 6.25. The number of aromatic nitrogens is 2. The van der Waals surface area contributed by atoms with Crippen LogP contribution < -0.4 is 5.32 Å². The summed E-state index contributed by atoms with van der Waals surface area (Å²) in [6.07, 6.45) is 4.75. The van der Waals surface area contributed by atoms with Gasteiger partial charge in [0.05, 0.1) is 23.2 Å². The fourth-order valence-corrected chi connectivity index (χ4v) is 5.84. The highest BCUT2D eigenvalue weighted by Crippen LogP contribution is 2.45. The number of nitrogens with one attached hydrogen (secondary N) is 1. The molecule has 7 nitrogen and oxygen atoms in total. The van der Waals surface area contributed by atoms with Crippen molar-refractivity contribution in [3.63, 3.8) is 0 Å². The van der Waals surface area contributed by atoms with Gasteiger partial charge in [-0.15, -0.1) is 0 Å². The molecule has 1 aliphatic carbocycles. The number of anilines is 2. The number of benzene rings is 1. The molecule has 0 atom stereocenters. The van der Waals surface area contributed by atoms with Crippen LogP contribution in [0.15, 0.2) is 36.5 Å². The van der Waals surface area contributed by atoms with Crippen molar-refractivity contribution in [2.45, 2.75) is 43.1 Å². The van der Waals surface area contributed by atoms with Crippen molar-refractivity contribution in [2.75, 3.05) is 18.4 Å². The predicted molar refractivity (Wildman–Crippen MR) is 101 cm³/mol. The highest BCUT2D eigenvalue weighted by Gasteiger charge is 2.48. The first-order chi connectivity index (χ1) is 13.1. The zero-order valence-electron chi connectivity index (χ0n) is 15.0. The summed E-state index contributed by atoms with van der Waals surface area (Å²) in [6.45, 7) is 1.45. The summed E-state index contributed by atoms with van der Waals surface area (Å²) >= 11 is 0. The molecule has 1 aromatic heterocycles. The monoisotopic (exact) mass is 386 g/mol. The summed E-state index contributed by atoms with van der Waals surface area (Å²) in [4.78, 5) is 9.09. The molecule has 1 aromatic carbocycles. The molecule has 0 radical (unpaired) electrons. The third-order valence-corrected chi connectivity index (χ3v) is 8.11. The van der Waals surface area contributed by atoms with Crippen LogP contribution in [0.5, 0.6) is 0 Å². The SMILES string of the molecule is O=S(=O)(C1CC1)N1CCC2(CC1)OCc1nc(Nc3ccccc3)ncc12. The number of rotatable bonds is 4. The number of nitrogens with zero attached hydrogens (tertiary/aromatic N) is 3. The third kappa shape index (κ3) is 3.01. The van der Waals surface area contributed by atoms with E-state index in [2.05, 4.69) is 15.3 Å². The molecule has 3 aliphatic rings. The van der Waals surface area contributed by atoms with Gasteiger partial charge in [-0.25, -0.2) is 22.7 Å². The Balaban J connectivity index is 1.33. The zero-order valence-corrected chi connectivity index (χ0v) is 15.8. The standard InChI is InChI=1S/C19H22N4O3S/c24-27(25,15-6-7-15)23-10-8-19(9-11-23)16-12-20-18(22-17(16)13-26-19)21-14-4-2-1-3-5-14/h1-5,12,15H,6-11,13H2,(H,20,21,22). The van der Waals surface area contributed by atoms with E-state index in [1.165, 1.54) is 0 Å². The Hall–Kier alpha value is -2.03. The number of ether oxygens (including phenoxy) is 1. The van der Waals surface area contributed by atoms with Gasteiger partial charge in [-0.2, -0.15) is 0 Å². The lowest BCUT2D eigenvalue weighted by Gasteiger charge is -2.38. The maximum atomic E-state index is 12.5. The van der Waals surface area contributed by atoms with Gasteiger partial charge in [0.2, 0.25) is 16.0 Å². The molecule has 1 spiro atoms. The van der Waals surface area contributed by atoms with E-state index >= 15 is 0 Å². The van der Waals surface area contributed by atoms with Gasteiger partial charge in [0, 0.05) is 30.5 Å². The molecule has 142 valence electrons. The molecular formula is C19H22N4O3S. The van der Waals surface area contributed by atoms with E-state index in [1.807, 2.05) is 36.5 Å². The molecule has 0 bridgehead atoms. The normalized spacial score (nSPS) is 21.9. The van der Waals surface area contributed by atoms with Crippen LogP contribution in [0.4, 0.5) is 11.6 Å². The molecule has 8 heteroatoms. The molecule has 2 fully saturated rings. The quantitative estimate of drug-likeness (QED) is 0.869. The lowest BCUT2D eigenvalue weighted by molar-refractivity contribution is -0.0693. The van der Waals surface area contributed by atoms with Crippen molar-refractivity contribution < 1.29 is 13.2 Å². The predicted octanol–water partition coefficient (Wildman–Crippen LogP) is 2.53. The van der Waals surface area contributed by atoms with Crippen molar-refractivity contribution in [3.8, 4) is 0 Å². The second-order valence-electron chi connectivity index (χ2n) is 7.47. The zero-order chi connectivity index (χ0) is 18.5. The van der Waals surface area contributed by atoms with Gasteiger partial charge in [-0.1, -0.05) is 18.2 Å². The Morgan fingerprint density at radius 1 is 1.15 bits per heavy atom. The fourth-order valence-electron chi connectivity index (χ4n) is 4.00. The largest absolute Gasteiger partial charge is 0.364 e. The Kier molecular flexibility index (Phi) is 3.96. The van der Waals surface area contributed by atoms with Crippen molar-refractivity contribution in [1.82, 2.24) is 14.3 Å². The minimum Gasteiger partial charge on any atom is -0.364 e. The number of sulfonamides is 1. The number of hydrogen-bond donors (Lipinski definition) is 1. The van der Waals surface area contributed by atoms with E-state index in [4.69, 9.17) is 4.74 Å². The van der Waals surface area contributed by atoms with Crippen molar-refractivity contribution >= 4 is 21.7 Å². The van der Waals surface area contributed by atoms with Crippen LogP contribution in [-0.2, 0) is 27.0 Å². The third-order valence-electron chi connectivity index (χ3n) is 5.71. The molecule has 0 amide bonds. The molecule has 1 saturated carbocycles. The van der Waals surface area contributed by atoms with E-state index in [9.17, 15) is 8.42 Å². The lowest BCUT2D eigenvalue weighted by Crippen LogP contribution is -2.46. The van der Waals surface area contributed by atoms with E-state index in [0.717, 1.165) is 29.8 Å². The maximum Gasteiger partial charge on any atom is 0.227 e.